The zero-order chi connectivity index (χ0) is 17.2. The van der Waals surface area contributed by atoms with Crippen molar-refractivity contribution in [3.8, 4) is 11.5 Å². The van der Waals surface area contributed by atoms with Crippen LogP contribution in [-0.4, -0.2) is 33.9 Å². The van der Waals surface area contributed by atoms with Gasteiger partial charge in [0, 0.05) is 19.6 Å². The van der Waals surface area contributed by atoms with Gasteiger partial charge in [-0.1, -0.05) is 24.3 Å². The molecule has 0 unspecified atom stereocenters. The standard InChI is InChI=1S/C19H25FN2O2/c1-23-18-8-7-15(13-19(18)24-2)14-22-12-11-21-10-9-16-5-3-4-6-17(16)20/h3-8,13,21-22H,9-12,14H2,1-2H3. The first-order chi connectivity index (χ1) is 11.7. The summed E-state index contributed by atoms with van der Waals surface area (Å²) in [6.45, 7) is 3.20. The van der Waals surface area contributed by atoms with Gasteiger partial charge in [0.05, 0.1) is 14.2 Å². The minimum Gasteiger partial charge on any atom is -0.493 e. The molecule has 0 aromatic heterocycles. The van der Waals surface area contributed by atoms with Crippen LogP contribution in [0.1, 0.15) is 11.1 Å². The summed E-state index contributed by atoms with van der Waals surface area (Å²) in [5.74, 6) is 1.33. The van der Waals surface area contributed by atoms with E-state index >= 15 is 0 Å². The predicted octanol–water partition coefficient (Wildman–Crippen LogP) is 2.76. The molecule has 0 aliphatic heterocycles. The summed E-state index contributed by atoms with van der Waals surface area (Å²) in [4.78, 5) is 0. The molecule has 4 nitrogen and oxygen atoms in total. The van der Waals surface area contributed by atoms with E-state index in [1.54, 1.807) is 20.3 Å². The van der Waals surface area contributed by atoms with E-state index in [0.29, 0.717) is 6.42 Å². The van der Waals surface area contributed by atoms with Crippen LogP contribution >= 0.6 is 0 Å². The van der Waals surface area contributed by atoms with Crippen LogP contribution in [0.25, 0.3) is 0 Å². The zero-order valence-corrected chi connectivity index (χ0v) is 14.3. The predicted molar refractivity (Wildman–Crippen MR) is 94.2 cm³/mol. The van der Waals surface area contributed by atoms with Gasteiger partial charge in [0.15, 0.2) is 11.5 Å². The zero-order valence-electron chi connectivity index (χ0n) is 14.3. The van der Waals surface area contributed by atoms with Crippen LogP contribution in [0.4, 0.5) is 4.39 Å². The smallest absolute Gasteiger partial charge is 0.161 e. The molecule has 2 aromatic rings. The van der Waals surface area contributed by atoms with Crippen LogP contribution in [0.15, 0.2) is 42.5 Å². The van der Waals surface area contributed by atoms with Crippen molar-refractivity contribution in [1.82, 2.24) is 10.6 Å². The largest absolute Gasteiger partial charge is 0.493 e. The summed E-state index contributed by atoms with van der Waals surface area (Å²) in [6.07, 6.45) is 0.697. The Morgan fingerprint density at radius 1 is 0.875 bits per heavy atom. The SMILES string of the molecule is COc1ccc(CNCCNCCc2ccccc2F)cc1OC. The number of halogens is 1. The summed E-state index contributed by atoms with van der Waals surface area (Å²) in [7, 11) is 3.26. The van der Waals surface area contributed by atoms with Gasteiger partial charge in [0.25, 0.3) is 0 Å². The molecule has 0 saturated carbocycles. The highest BCUT2D eigenvalue weighted by Gasteiger charge is 2.04. The average Bonchev–Trinajstić information content (AvgIpc) is 2.62. The van der Waals surface area contributed by atoms with Gasteiger partial charge in [-0.2, -0.15) is 0 Å². The van der Waals surface area contributed by atoms with E-state index in [-0.39, 0.29) is 5.82 Å². The number of methoxy groups -OCH3 is 2. The van der Waals surface area contributed by atoms with E-state index in [9.17, 15) is 4.39 Å². The molecule has 0 aliphatic carbocycles. The van der Waals surface area contributed by atoms with Crippen LogP contribution < -0.4 is 20.1 Å². The second-order valence-electron chi connectivity index (χ2n) is 5.46. The minimum absolute atomic E-state index is 0.133. The average molecular weight is 332 g/mol. The molecule has 0 heterocycles. The molecule has 5 heteroatoms. The molecule has 24 heavy (non-hydrogen) atoms. The summed E-state index contributed by atoms with van der Waals surface area (Å²) in [6, 6.07) is 12.8. The Morgan fingerprint density at radius 3 is 2.38 bits per heavy atom. The summed E-state index contributed by atoms with van der Waals surface area (Å²) >= 11 is 0. The monoisotopic (exact) mass is 332 g/mol. The van der Waals surface area contributed by atoms with E-state index in [0.717, 1.165) is 48.8 Å². The van der Waals surface area contributed by atoms with E-state index in [1.165, 1.54) is 6.07 Å². The molecule has 130 valence electrons. The van der Waals surface area contributed by atoms with Gasteiger partial charge < -0.3 is 20.1 Å². The minimum atomic E-state index is -0.133. The molecule has 2 N–H and O–H groups in total. The van der Waals surface area contributed by atoms with E-state index < -0.39 is 0 Å². The van der Waals surface area contributed by atoms with Crippen molar-refractivity contribution >= 4 is 0 Å². The maximum atomic E-state index is 13.5. The fourth-order valence-corrected chi connectivity index (χ4v) is 2.45. The lowest BCUT2D eigenvalue weighted by molar-refractivity contribution is 0.354. The normalized spacial score (nSPS) is 10.6. The number of ether oxygens (including phenoxy) is 2. The van der Waals surface area contributed by atoms with Gasteiger partial charge in [-0.25, -0.2) is 4.39 Å². The number of rotatable bonds is 10. The quantitative estimate of drug-likeness (QED) is 0.657. The van der Waals surface area contributed by atoms with E-state index in [2.05, 4.69) is 10.6 Å². The van der Waals surface area contributed by atoms with Crippen molar-refractivity contribution < 1.29 is 13.9 Å². The van der Waals surface area contributed by atoms with Gasteiger partial charge in [-0.3, -0.25) is 0 Å². The summed E-state index contributed by atoms with van der Waals surface area (Å²) in [5.41, 5.74) is 1.89. The highest BCUT2D eigenvalue weighted by atomic mass is 19.1. The summed E-state index contributed by atoms with van der Waals surface area (Å²) in [5, 5.41) is 6.68. The number of hydrogen-bond donors (Lipinski definition) is 2. The second kappa shape index (κ2) is 9.90. The Kier molecular flexibility index (Phi) is 7.52. The van der Waals surface area contributed by atoms with Crippen molar-refractivity contribution in [3.63, 3.8) is 0 Å². The Morgan fingerprint density at radius 2 is 1.62 bits per heavy atom. The van der Waals surface area contributed by atoms with Crippen LogP contribution in [0.3, 0.4) is 0 Å². The van der Waals surface area contributed by atoms with Gasteiger partial charge in [0.1, 0.15) is 5.82 Å². The Hall–Kier alpha value is -2.11. The molecule has 0 radical (unpaired) electrons. The van der Waals surface area contributed by atoms with Crippen LogP contribution in [0, 0.1) is 5.82 Å². The van der Waals surface area contributed by atoms with Gasteiger partial charge >= 0.3 is 0 Å². The Labute approximate surface area is 143 Å². The van der Waals surface area contributed by atoms with Crippen molar-refractivity contribution in [2.75, 3.05) is 33.9 Å². The highest BCUT2D eigenvalue weighted by molar-refractivity contribution is 5.42. The maximum Gasteiger partial charge on any atom is 0.161 e. The van der Waals surface area contributed by atoms with Crippen LogP contribution in [-0.2, 0) is 13.0 Å². The molecule has 0 bridgehead atoms. The molecule has 2 aromatic carbocycles. The molecule has 2 rings (SSSR count). The summed E-state index contributed by atoms with van der Waals surface area (Å²) < 4.78 is 24.0. The molecule has 0 spiro atoms. The van der Waals surface area contributed by atoms with Gasteiger partial charge in [-0.15, -0.1) is 0 Å². The van der Waals surface area contributed by atoms with Crippen LogP contribution in [0.2, 0.25) is 0 Å². The number of nitrogens with one attached hydrogen (secondary N) is 2. The van der Waals surface area contributed by atoms with Gasteiger partial charge in [-0.05, 0) is 42.3 Å². The first kappa shape index (κ1) is 18.2. The molecule has 0 amide bonds. The maximum absolute atomic E-state index is 13.5. The Bertz CT molecular complexity index is 635. The Balaban J connectivity index is 1.62. The fraction of sp³-hybridized carbons (Fsp3) is 0.368. The van der Waals surface area contributed by atoms with E-state index in [4.69, 9.17) is 9.47 Å². The third-order valence-electron chi connectivity index (χ3n) is 3.78. The van der Waals surface area contributed by atoms with Crippen molar-refractivity contribution in [2.24, 2.45) is 0 Å². The first-order valence-corrected chi connectivity index (χ1v) is 8.10. The fourth-order valence-electron chi connectivity index (χ4n) is 2.45. The van der Waals surface area contributed by atoms with Crippen LogP contribution in [0.5, 0.6) is 11.5 Å². The van der Waals surface area contributed by atoms with Gasteiger partial charge in [0.2, 0.25) is 0 Å². The molecule has 0 saturated heterocycles. The van der Waals surface area contributed by atoms with Crippen molar-refractivity contribution in [2.45, 2.75) is 13.0 Å². The lowest BCUT2D eigenvalue weighted by atomic mass is 10.1. The van der Waals surface area contributed by atoms with Crippen molar-refractivity contribution in [1.29, 1.82) is 0 Å². The third-order valence-corrected chi connectivity index (χ3v) is 3.78. The second-order valence-corrected chi connectivity index (χ2v) is 5.46. The van der Waals surface area contributed by atoms with E-state index in [1.807, 2.05) is 30.3 Å². The molecule has 0 aliphatic rings. The highest BCUT2D eigenvalue weighted by Crippen LogP contribution is 2.27. The molecule has 0 atom stereocenters. The lowest BCUT2D eigenvalue weighted by Crippen LogP contribution is -2.28. The molecular weight excluding hydrogens is 307 g/mol. The number of benzene rings is 2. The van der Waals surface area contributed by atoms with Crippen molar-refractivity contribution in [3.05, 3.63) is 59.4 Å². The third kappa shape index (κ3) is 5.51. The first-order valence-electron chi connectivity index (χ1n) is 8.10. The molecular formula is C19H25FN2O2. The molecule has 0 fully saturated rings. The number of hydrogen-bond acceptors (Lipinski definition) is 4. The lowest BCUT2D eigenvalue weighted by Gasteiger charge is -2.10. The topological polar surface area (TPSA) is 42.5 Å².